The summed E-state index contributed by atoms with van der Waals surface area (Å²) in [6.45, 7) is 5.08. The number of nitrogens with zero attached hydrogens (tertiary/aromatic N) is 1. The van der Waals surface area contributed by atoms with Crippen LogP contribution in [0.1, 0.15) is 33.6 Å². The normalized spacial score (nSPS) is 16.9. The Bertz CT molecular complexity index is 290. The van der Waals surface area contributed by atoms with E-state index in [1.54, 1.807) is 20.8 Å². The first-order chi connectivity index (χ1) is 6.79. The quantitative estimate of drug-likeness (QED) is 0.647. The minimum atomic E-state index is -0.800. The molecule has 0 saturated carbocycles. The van der Waals surface area contributed by atoms with E-state index in [1.807, 2.05) is 0 Å². The highest BCUT2D eigenvalue weighted by atomic mass is 16.6. The number of hydrazine groups is 1. The van der Waals surface area contributed by atoms with Crippen LogP contribution >= 0.6 is 0 Å². The zero-order valence-electron chi connectivity index (χ0n) is 8.99. The minimum absolute atomic E-state index is 0.134. The number of nitrogens with one attached hydrogen (secondary N) is 1. The van der Waals surface area contributed by atoms with Crippen LogP contribution < -0.4 is 5.43 Å². The Labute approximate surface area is 87.5 Å². The molecule has 0 aliphatic carbocycles. The van der Waals surface area contributed by atoms with Crippen molar-refractivity contribution < 1.29 is 19.1 Å². The summed E-state index contributed by atoms with van der Waals surface area (Å²) in [7, 11) is 0. The van der Waals surface area contributed by atoms with Gasteiger partial charge in [0.1, 0.15) is 5.60 Å². The van der Waals surface area contributed by atoms with E-state index in [4.69, 9.17) is 4.74 Å². The first-order valence-corrected chi connectivity index (χ1v) is 4.65. The number of carbonyl (C=O) groups is 3. The topological polar surface area (TPSA) is 75.7 Å². The largest absolute Gasteiger partial charge is 0.443 e. The number of amides is 3. The van der Waals surface area contributed by atoms with Crippen molar-refractivity contribution in [1.29, 1.82) is 0 Å². The fourth-order valence-electron chi connectivity index (χ4n) is 1.09. The smallest absolute Gasteiger partial charge is 0.427 e. The average Bonchev–Trinajstić information content (AvgIpc) is 2.32. The predicted molar refractivity (Wildman–Crippen MR) is 50.5 cm³/mol. The molecule has 0 atom stereocenters. The lowest BCUT2D eigenvalue weighted by molar-refractivity contribution is -0.142. The molecule has 1 N–H and O–H groups in total. The summed E-state index contributed by atoms with van der Waals surface area (Å²) in [6, 6.07) is 0. The van der Waals surface area contributed by atoms with Crippen molar-refractivity contribution in [2.75, 3.05) is 0 Å². The molecule has 1 aliphatic heterocycles. The van der Waals surface area contributed by atoms with Crippen LogP contribution in [0.25, 0.3) is 0 Å². The Balaban J connectivity index is 2.51. The second-order valence-electron chi connectivity index (χ2n) is 4.24. The maximum atomic E-state index is 11.2. The molecule has 0 aromatic rings. The molecule has 1 rings (SSSR count). The molecule has 1 aliphatic rings. The minimum Gasteiger partial charge on any atom is -0.443 e. The van der Waals surface area contributed by atoms with Crippen molar-refractivity contribution >= 4 is 17.9 Å². The molecule has 6 nitrogen and oxygen atoms in total. The van der Waals surface area contributed by atoms with E-state index in [2.05, 4.69) is 5.43 Å². The molecule has 0 radical (unpaired) electrons. The number of hydrogen-bond acceptors (Lipinski definition) is 4. The monoisotopic (exact) mass is 214 g/mol. The van der Waals surface area contributed by atoms with Gasteiger partial charge in [0.05, 0.1) is 0 Å². The Hall–Kier alpha value is -1.59. The van der Waals surface area contributed by atoms with Gasteiger partial charge in [-0.15, -0.1) is 0 Å². The zero-order chi connectivity index (χ0) is 11.6. The second kappa shape index (κ2) is 3.88. The number of hydrogen-bond donors (Lipinski definition) is 1. The third kappa shape index (κ3) is 3.23. The molecule has 6 heteroatoms. The highest BCUT2D eigenvalue weighted by Crippen LogP contribution is 2.10. The van der Waals surface area contributed by atoms with Gasteiger partial charge in [-0.1, -0.05) is 0 Å². The summed E-state index contributed by atoms with van der Waals surface area (Å²) in [5.41, 5.74) is 1.45. The Morgan fingerprint density at radius 2 is 1.73 bits per heavy atom. The van der Waals surface area contributed by atoms with Crippen molar-refractivity contribution in [3.63, 3.8) is 0 Å². The third-order valence-electron chi connectivity index (χ3n) is 1.65. The van der Waals surface area contributed by atoms with E-state index >= 15 is 0 Å². The average molecular weight is 214 g/mol. The molecule has 84 valence electrons. The van der Waals surface area contributed by atoms with E-state index in [9.17, 15) is 14.4 Å². The van der Waals surface area contributed by atoms with Crippen LogP contribution in [0.2, 0.25) is 0 Å². The molecular formula is C9H14N2O4. The lowest BCUT2D eigenvalue weighted by Gasteiger charge is -2.22. The van der Waals surface area contributed by atoms with Gasteiger partial charge in [0, 0.05) is 12.8 Å². The molecule has 1 heterocycles. The van der Waals surface area contributed by atoms with Gasteiger partial charge in [-0.25, -0.2) is 10.2 Å². The SMILES string of the molecule is CC(C)(C)OC(=O)NN1C(=O)CCC1=O. The number of rotatable bonds is 1. The summed E-state index contributed by atoms with van der Waals surface area (Å²) in [4.78, 5) is 33.5. The van der Waals surface area contributed by atoms with E-state index in [1.165, 1.54) is 0 Å². The van der Waals surface area contributed by atoms with Crippen LogP contribution in [0.3, 0.4) is 0 Å². The van der Waals surface area contributed by atoms with Crippen LogP contribution in [-0.4, -0.2) is 28.5 Å². The first kappa shape index (κ1) is 11.5. The maximum Gasteiger partial charge on any atom is 0.427 e. The third-order valence-corrected chi connectivity index (χ3v) is 1.65. The van der Waals surface area contributed by atoms with Crippen LogP contribution in [0, 0.1) is 0 Å². The van der Waals surface area contributed by atoms with Crippen LogP contribution in [0.15, 0.2) is 0 Å². The molecule has 0 aromatic heterocycles. The van der Waals surface area contributed by atoms with Gasteiger partial charge in [-0.05, 0) is 20.8 Å². The van der Waals surface area contributed by atoms with Crippen LogP contribution in [0.4, 0.5) is 4.79 Å². The second-order valence-corrected chi connectivity index (χ2v) is 4.24. The summed E-state index contributed by atoms with van der Waals surface area (Å²) < 4.78 is 4.90. The summed E-state index contributed by atoms with van der Waals surface area (Å²) in [5, 5.41) is 0.702. The highest BCUT2D eigenvalue weighted by Gasteiger charge is 2.31. The van der Waals surface area contributed by atoms with Crippen LogP contribution in [-0.2, 0) is 14.3 Å². The molecule has 0 bridgehead atoms. The molecule has 3 amide bonds. The number of ether oxygens (including phenoxy) is 1. The fraction of sp³-hybridized carbons (Fsp3) is 0.667. The van der Waals surface area contributed by atoms with Crippen molar-refractivity contribution in [2.24, 2.45) is 0 Å². The summed E-state index contributed by atoms with van der Waals surface area (Å²) in [5.74, 6) is -0.822. The van der Waals surface area contributed by atoms with E-state index in [0.717, 1.165) is 0 Å². The zero-order valence-corrected chi connectivity index (χ0v) is 8.99. The van der Waals surface area contributed by atoms with E-state index in [-0.39, 0.29) is 12.8 Å². The van der Waals surface area contributed by atoms with E-state index in [0.29, 0.717) is 5.01 Å². The predicted octanol–water partition coefficient (Wildman–Crippen LogP) is 0.575. The van der Waals surface area contributed by atoms with E-state index < -0.39 is 23.5 Å². The molecular weight excluding hydrogens is 200 g/mol. The van der Waals surface area contributed by atoms with Crippen molar-refractivity contribution in [1.82, 2.24) is 10.4 Å². The molecule has 0 aromatic carbocycles. The lowest BCUT2D eigenvalue weighted by Crippen LogP contribution is -2.47. The number of carbonyl (C=O) groups excluding carboxylic acids is 3. The lowest BCUT2D eigenvalue weighted by atomic mass is 10.2. The van der Waals surface area contributed by atoms with Gasteiger partial charge < -0.3 is 4.74 Å². The molecule has 1 fully saturated rings. The van der Waals surface area contributed by atoms with Gasteiger partial charge in [-0.3, -0.25) is 9.59 Å². The van der Waals surface area contributed by atoms with Gasteiger partial charge in [0.2, 0.25) is 11.8 Å². The standard InChI is InChI=1S/C9H14N2O4/c1-9(2,3)15-8(14)10-11-6(12)4-5-7(11)13/h4-5H2,1-3H3,(H,10,14). The molecule has 1 saturated heterocycles. The fourth-order valence-corrected chi connectivity index (χ4v) is 1.09. The van der Waals surface area contributed by atoms with Crippen molar-refractivity contribution in [3.05, 3.63) is 0 Å². The Morgan fingerprint density at radius 1 is 1.27 bits per heavy atom. The first-order valence-electron chi connectivity index (χ1n) is 4.65. The van der Waals surface area contributed by atoms with Crippen molar-refractivity contribution in [2.45, 2.75) is 39.2 Å². The van der Waals surface area contributed by atoms with Gasteiger partial charge in [0.25, 0.3) is 0 Å². The molecule has 15 heavy (non-hydrogen) atoms. The Morgan fingerprint density at radius 3 is 2.13 bits per heavy atom. The summed E-state index contributed by atoms with van der Waals surface area (Å²) in [6.07, 6.45) is -0.533. The Kier molecular flexibility index (Phi) is 2.97. The maximum absolute atomic E-state index is 11.2. The van der Waals surface area contributed by atoms with Gasteiger partial charge in [-0.2, -0.15) is 5.01 Å². The van der Waals surface area contributed by atoms with Crippen molar-refractivity contribution in [3.8, 4) is 0 Å². The molecule has 0 unspecified atom stereocenters. The van der Waals surface area contributed by atoms with Gasteiger partial charge >= 0.3 is 6.09 Å². The number of imide groups is 1. The van der Waals surface area contributed by atoms with Crippen LogP contribution in [0.5, 0.6) is 0 Å². The summed E-state index contributed by atoms with van der Waals surface area (Å²) >= 11 is 0. The van der Waals surface area contributed by atoms with Gasteiger partial charge in [0.15, 0.2) is 0 Å². The highest BCUT2D eigenvalue weighted by molar-refractivity contribution is 6.02. The molecule has 0 spiro atoms.